The molecule has 0 radical (unpaired) electrons. The molecule has 0 bridgehead atoms. The van der Waals surface area contributed by atoms with Crippen LogP contribution in [0.5, 0.6) is 0 Å². The monoisotopic (exact) mass is 436 g/mol. The Hall–Kier alpha value is -4.16. The van der Waals surface area contributed by atoms with Crippen molar-refractivity contribution in [3.63, 3.8) is 0 Å². The number of H-pyrrole nitrogens is 1. The molecule has 2 aromatic heterocycles. The van der Waals surface area contributed by atoms with E-state index < -0.39 is 0 Å². The van der Waals surface area contributed by atoms with Crippen LogP contribution < -0.4 is 10.8 Å². The highest BCUT2D eigenvalue weighted by molar-refractivity contribution is 5.97. The van der Waals surface area contributed by atoms with Gasteiger partial charge in [0.25, 0.3) is 5.91 Å². The van der Waals surface area contributed by atoms with Crippen LogP contribution in [0.4, 0.5) is 0 Å². The summed E-state index contributed by atoms with van der Waals surface area (Å²) in [6.07, 6.45) is 2.60. The minimum absolute atomic E-state index is 0.0230. The van der Waals surface area contributed by atoms with Gasteiger partial charge >= 0.3 is 0 Å². The first-order valence-electron chi connectivity index (χ1n) is 10.9. The van der Waals surface area contributed by atoms with Crippen LogP contribution in [0.1, 0.15) is 27.2 Å². The summed E-state index contributed by atoms with van der Waals surface area (Å²) in [5.41, 5.74) is 11.1. The van der Waals surface area contributed by atoms with Crippen LogP contribution >= 0.6 is 0 Å². The van der Waals surface area contributed by atoms with Gasteiger partial charge in [-0.25, -0.2) is 0 Å². The predicted octanol–water partition coefficient (Wildman–Crippen LogP) is 4.72. The van der Waals surface area contributed by atoms with Crippen molar-refractivity contribution in [1.82, 2.24) is 20.8 Å². The van der Waals surface area contributed by atoms with E-state index in [1.807, 2.05) is 72.8 Å². The lowest BCUT2D eigenvalue weighted by atomic mass is 10.0. The maximum Gasteiger partial charge on any atom is 0.253 e. The number of amides is 1. The van der Waals surface area contributed by atoms with Gasteiger partial charge in [0.1, 0.15) is 0 Å². The molecule has 33 heavy (non-hydrogen) atoms. The third kappa shape index (κ3) is 4.56. The standard InChI is InChI=1S/C27H24N4O2/c1-18(31-33-17-19-5-3-2-4-6-19)20-7-9-21(10-8-20)25-15-22(11-13-28-25)26-16-23-24(30-26)12-14-29-27(23)32/h2-11,13,15-16,30-31H,1,12,14,17H2,(H,29,32). The first-order chi connectivity index (χ1) is 16.2. The molecule has 0 saturated heterocycles. The number of hydroxylamine groups is 1. The summed E-state index contributed by atoms with van der Waals surface area (Å²) in [6, 6.07) is 23.9. The fourth-order valence-corrected chi connectivity index (χ4v) is 3.89. The lowest BCUT2D eigenvalue weighted by Crippen LogP contribution is -2.31. The molecule has 0 saturated carbocycles. The van der Waals surface area contributed by atoms with Gasteiger partial charge in [-0.2, -0.15) is 0 Å². The van der Waals surface area contributed by atoms with Crippen LogP contribution in [0, 0.1) is 0 Å². The summed E-state index contributed by atoms with van der Waals surface area (Å²) >= 11 is 0. The summed E-state index contributed by atoms with van der Waals surface area (Å²) in [5.74, 6) is -0.0230. The largest absolute Gasteiger partial charge is 0.358 e. The van der Waals surface area contributed by atoms with Gasteiger partial charge in [0.05, 0.1) is 23.6 Å². The Morgan fingerprint density at radius 3 is 2.64 bits per heavy atom. The number of pyridine rings is 1. The Bertz CT molecular complexity index is 1290. The molecule has 1 amide bonds. The number of rotatable bonds is 7. The number of aromatic amines is 1. The van der Waals surface area contributed by atoms with Gasteiger partial charge in [-0.15, -0.1) is 0 Å². The van der Waals surface area contributed by atoms with Crippen molar-refractivity contribution >= 4 is 11.6 Å². The van der Waals surface area contributed by atoms with Crippen LogP contribution in [0.25, 0.3) is 28.2 Å². The van der Waals surface area contributed by atoms with E-state index in [1.54, 1.807) is 6.20 Å². The first-order valence-corrected chi connectivity index (χ1v) is 10.9. The fourth-order valence-electron chi connectivity index (χ4n) is 3.89. The second-order valence-corrected chi connectivity index (χ2v) is 7.94. The zero-order valence-corrected chi connectivity index (χ0v) is 18.1. The van der Waals surface area contributed by atoms with Crippen LogP contribution in [0.2, 0.25) is 0 Å². The highest BCUT2D eigenvalue weighted by Crippen LogP contribution is 2.27. The summed E-state index contributed by atoms with van der Waals surface area (Å²) in [4.78, 5) is 25.6. The average molecular weight is 437 g/mol. The van der Waals surface area contributed by atoms with Gasteiger partial charge in [-0.1, -0.05) is 61.2 Å². The number of nitrogens with zero attached hydrogens (tertiary/aromatic N) is 1. The highest BCUT2D eigenvalue weighted by Gasteiger charge is 2.20. The van der Waals surface area contributed by atoms with Crippen LogP contribution in [0.15, 0.2) is 85.6 Å². The number of benzene rings is 2. The third-order valence-electron chi connectivity index (χ3n) is 5.68. The van der Waals surface area contributed by atoms with Gasteiger partial charge in [0.15, 0.2) is 0 Å². The molecule has 1 aliphatic rings. The molecule has 3 N–H and O–H groups in total. The van der Waals surface area contributed by atoms with Gasteiger partial charge in [0, 0.05) is 41.7 Å². The predicted molar refractivity (Wildman–Crippen MR) is 129 cm³/mol. The summed E-state index contributed by atoms with van der Waals surface area (Å²) in [7, 11) is 0. The molecule has 6 nitrogen and oxygen atoms in total. The number of carbonyl (C=O) groups excluding carboxylic acids is 1. The first kappa shape index (κ1) is 20.7. The van der Waals surface area contributed by atoms with Crippen LogP contribution in [-0.4, -0.2) is 22.4 Å². The minimum atomic E-state index is -0.0230. The Morgan fingerprint density at radius 1 is 1.03 bits per heavy atom. The van der Waals surface area contributed by atoms with Crippen molar-refractivity contribution < 1.29 is 9.63 Å². The maximum absolute atomic E-state index is 12.1. The van der Waals surface area contributed by atoms with Crippen molar-refractivity contribution in [2.45, 2.75) is 13.0 Å². The van der Waals surface area contributed by atoms with Gasteiger partial charge < -0.3 is 10.3 Å². The Morgan fingerprint density at radius 2 is 1.85 bits per heavy atom. The van der Waals surface area contributed by atoms with Gasteiger partial charge in [-0.3, -0.25) is 20.1 Å². The van der Waals surface area contributed by atoms with E-state index in [2.05, 4.69) is 27.3 Å². The van der Waals surface area contributed by atoms with Gasteiger partial charge in [-0.05, 0) is 29.3 Å². The van der Waals surface area contributed by atoms with Gasteiger partial charge in [0.2, 0.25) is 0 Å². The van der Waals surface area contributed by atoms with E-state index in [9.17, 15) is 4.79 Å². The summed E-state index contributed by atoms with van der Waals surface area (Å²) in [5, 5.41) is 2.88. The number of hydrogen-bond acceptors (Lipinski definition) is 4. The van der Waals surface area contributed by atoms with Crippen molar-refractivity contribution in [3.8, 4) is 22.5 Å². The van der Waals surface area contributed by atoms with E-state index >= 15 is 0 Å². The summed E-state index contributed by atoms with van der Waals surface area (Å²) < 4.78 is 0. The quantitative estimate of drug-likeness (QED) is 0.366. The molecule has 6 heteroatoms. The maximum atomic E-state index is 12.1. The molecular weight excluding hydrogens is 412 g/mol. The van der Waals surface area contributed by atoms with E-state index in [0.717, 1.165) is 51.3 Å². The number of fused-ring (bicyclic) bond motifs is 1. The number of aromatic nitrogens is 2. The number of carbonyl (C=O) groups is 1. The molecule has 3 heterocycles. The summed E-state index contributed by atoms with van der Waals surface area (Å²) in [6.45, 7) is 5.18. The third-order valence-corrected chi connectivity index (χ3v) is 5.68. The highest BCUT2D eigenvalue weighted by atomic mass is 16.6. The normalized spacial score (nSPS) is 12.7. The van der Waals surface area contributed by atoms with E-state index in [-0.39, 0.29) is 5.91 Å². The van der Waals surface area contributed by atoms with E-state index in [0.29, 0.717) is 18.8 Å². The lowest BCUT2D eigenvalue weighted by molar-refractivity contribution is 0.0648. The molecule has 0 aliphatic carbocycles. The average Bonchev–Trinajstić information content (AvgIpc) is 3.31. The van der Waals surface area contributed by atoms with E-state index in [4.69, 9.17) is 4.84 Å². The zero-order valence-electron chi connectivity index (χ0n) is 18.1. The smallest absolute Gasteiger partial charge is 0.253 e. The molecule has 164 valence electrons. The van der Waals surface area contributed by atoms with Crippen molar-refractivity contribution in [3.05, 3.63) is 108 Å². The molecule has 4 aromatic rings. The number of hydrogen-bond donors (Lipinski definition) is 3. The molecule has 1 aliphatic heterocycles. The minimum Gasteiger partial charge on any atom is -0.358 e. The Kier molecular flexibility index (Phi) is 5.74. The molecule has 0 atom stereocenters. The second kappa shape index (κ2) is 9.14. The molecule has 0 spiro atoms. The van der Waals surface area contributed by atoms with E-state index in [1.165, 1.54) is 0 Å². The Labute approximate surface area is 192 Å². The molecular formula is C27H24N4O2. The lowest BCUT2D eigenvalue weighted by Gasteiger charge is -2.11. The zero-order chi connectivity index (χ0) is 22.6. The van der Waals surface area contributed by atoms with Crippen LogP contribution in [-0.2, 0) is 17.9 Å². The molecule has 0 fully saturated rings. The van der Waals surface area contributed by atoms with Crippen molar-refractivity contribution in [1.29, 1.82) is 0 Å². The molecule has 0 unspecified atom stereocenters. The van der Waals surface area contributed by atoms with Crippen LogP contribution in [0.3, 0.4) is 0 Å². The second-order valence-electron chi connectivity index (χ2n) is 7.94. The topological polar surface area (TPSA) is 79.0 Å². The fraction of sp³-hybridized carbons (Fsp3) is 0.111. The molecule has 5 rings (SSSR count). The van der Waals surface area contributed by atoms with Crippen molar-refractivity contribution in [2.75, 3.05) is 6.54 Å². The Balaban J connectivity index is 1.27. The number of nitrogens with one attached hydrogen (secondary N) is 3. The SMILES string of the molecule is C=C(NOCc1ccccc1)c1ccc(-c2cc(-c3cc4c([nH]3)CCNC4=O)ccn2)cc1. The van der Waals surface area contributed by atoms with Crippen molar-refractivity contribution in [2.24, 2.45) is 0 Å². The molecule has 2 aromatic carbocycles.